The number of carbonyl (C=O) groups excluding carboxylic acids is 1. The average Bonchev–Trinajstić information content (AvgIpc) is 3.17. The van der Waals surface area contributed by atoms with Gasteiger partial charge in [0, 0.05) is 48.4 Å². The van der Waals surface area contributed by atoms with Gasteiger partial charge in [-0.15, -0.1) is 11.8 Å². The number of hydrogen-bond donors (Lipinski definition) is 4. The van der Waals surface area contributed by atoms with Crippen LogP contribution in [0.5, 0.6) is 0 Å². The highest BCUT2D eigenvalue weighted by molar-refractivity contribution is 7.98. The Hall–Kier alpha value is -4.84. The molecule has 56 heavy (non-hydrogen) atoms. The van der Waals surface area contributed by atoms with E-state index in [9.17, 15) is 41.1 Å². The van der Waals surface area contributed by atoms with Crippen LogP contribution in [0, 0.1) is 11.6 Å². The highest BCUT2D eigenvalue weighted by Crippen LogP contribution is 2.30. The average molecular weight is 808 g/mol. The van der Waals surface area contributed by atoms with Gasteiger partial charge in [-0.05, 0) is 68.1 Å². The van der Waals surface area contributed by atoms with Crippen molar-refractivity contribution in [3.8, 4) is 0 Å². The number of pyridine rings is 1. The number of thioether (sulfide) groups is 1. The lowest BCUT2D eigenvalue weighted by atomic mass is 10.0. The van der Waals surface area contributed by atoms with Crippen LogP contribution in [0.25, 0.3) is 10.9 Å². The Morgan fingerprint density at radius 3 is 2.12 bits per heavy atom. The zero-order valence-electron chi connectivity index (χ0n) is 30.3. The van der Waals surface area contributed by atoms with Gasteiger partial charge in [0.15, 0.2) is 29.3 Å². The topological polar surface area (TPSA) is 161 Å². The molecule has 1 aliphatic heterocycles. The minimum absolute atomic E-state index is 0.00829. The Morgan fingerprint density at radius 1 is 0.911 bits per heavy atom. The van der Waals surface area contributed by atoms with Gasteiger partial charge in [-0.25, -0.2) is 18.4 Å². The Bertz CT molecular complexity index is 2020. The first-order valence-corrected chi connectivity index (χ1v) is 18.7. The number of halogens is 5. The van der Waals surface area contributed by atoms with E-state index in [0.29, 0.717) is 35.3 Å². The number of likely N-dealkylation sites (tertiary alicyclic amines) is 1. The van der Waals surface area contributed by atoms with E-state index in [-0.39, 0.29) is 35.2 Å². The quantitative estimate of drug-likeness (QED) is 0.0959. The van der Waals surface area contributed by atoms with Crippen molar-refractivity contribution in [1.82, 2.24) is 14.4 Å². The summed E-state index contributed by atoms with van der Waals surface area (Å²) in [4.78, 5) is 51.0. The molecule has 1 aromatic heterocycles. The summed E-state index contributed by atoms with van der Waals surface area (Å²) in [7, 11) is 0. The predicted molar refractivity (Wildman–Crippen MR) is 198 cm³/mol. The molecule has 0 spiro atoms. The van der Waals surface area contributed by atoms with Gasteiger partial charge in [-0.3, -0.25) is 9.59 Å². The van der Waals surface area contributed by atoms with Crippen molar-refractivity contribution in [2.75, 3.05) is 26.2 Å². The lowest BCUT2D eigenvalue weighted by molar-refractivity contribution is -0.165. The maximum Gasteiger partial charge on any atom is 0.416 e. The standard InChI is InChI=1S/C35H36F5N3O2S.C4H6O6/c1-2-41-19-16-27(17-20-41)42(18-6-7-24-12-14-26(15-13-24)35(38,39)40)32(45)22-43-30-11-4-3-9-28(30)31(44)21-33(43)46-23-25-8-5-10-29(36)34(25)37;5-1(3(7)8)2(6)4(9)10/h3-5,8-15,21,27H,2,6-7,16-20,22-23H2,1H3;1-2,5-6H,(H,7,8)(H,9,10). The van der Waals surface area contributed by atoms with Crippen LogP contribution in [0.2, 0.25) is 0 Å². The number of rotatable bonds is 14. The van der Waals surface area contributed by atoms with Crippen molar-refractivity contribution in [1.29, 1.82) is 0 Å². The number of carboxylic acids is 2. The summed E-state index contributed by atoms with van der Waals surface area (Å²) in [6, 6.07) is 17.5. The number of para-hydroxylation sites is 1. The van der Waals surface area contributed by atoms with E-state index in [1.54, 1.807) is 28.8 Å². The Labute approximate surface area is 323 Å². The van der Waals surface area contributed by atoms with Gasteiger partial charge in [0.05, 0.1) is 16.1 Å². The molecule has 1 amide bonds. The zero-order valence-corrected chi connectivity index (χ0v) is 31.1. The molecule has 0 radical (unpaired) electrons. The summed E-state index contributed by atoms with van der Waals surface area (Å²) in [5.74, 6) is -5.52. The van der Waals surface area contributed by atoms with E-state index in [1.807, 2.05) is 4.90 Å². The van der Waals surface area contributed by atoms with Gasteiger partial charge in [0.2, 0.25) is 5.91 Å². The lowest BCUT2D eigenvalue weighted by Crippen LogP contribution is -2.48. The summed E-state index contributed by atoms with van der Waals surface area (Å²) in [5.41, 5.74) is 0.544. The molecule has 302 valence electrons. The molecule has 1 aliphatic rings. The van der Waals surface area contributed by atoms with Crippen LogP contribution in [0.3, 0.4) is 0 Å². The fraction of sp³-hybridized carbons (Fsp3) is 0.385. The summed E-state index contributed by atoms with van der Waals surface area (Å²) >= 11 is 1.16. The monoisotopic (exact) mass is 807 g/mol. The third kappa shape index (κ3) is 11.6. The van der Waals surface area contributed by atoms with Gasteiger partial charge in [0.25, 0.3) is 0 Å². The second kappa shape index (κ2) is 19.8. The minimum Gasteiger partial charge on any atom is -0.479 e. The fourth-order valence-electron chi connectivity index (χ4n) is 6.27. The molecule has 4 aromatic rings. The number of fused-ring (bicyclic) bond motifs is 1. The highest BCUT2D eigenvalue weighted by atomic mass is 32.2. The first-order chi connectivity index (χ1) is 26.5. The fourth-order valence-corrected chi connectivity index (χ4v) is 7.30. The van der Waals surface area contributed by atoms with Crippen LogP contribution in [0.1, 0.15) is 42.9 Å². The van der Waals surface area contributed by atoms with Gasteiger partial charge in [0.1, 0.15) is 6.54 Å². The molecule has 3 aromatic carbocycles. The Balaban J connectivity index is 0.000000613. The summed E-state index contributed by atoms with van der Waals surface area (Å²) in [6.45, 7) is 5.08. The molecule has 0 bridgehead atoms. The Kier molecular flexibility index (Phi) is 15.5. The summed E-state index contributed by atoms with van der Waals surface area (Å²) < 4.78 is 69.2. The van der Waals surface area contributed by atoms with Gasteiger partial charge in [-0.2, -0.15) is 13.2 Å². The third-order valence-corrected chi connectivity index (χ3v) is 10.5. The summed E-state index contributed by atoms with van der Waals surface area (Å²) in [6.07, 6.45) is -6.26. The number of aliphatic carboxylic acids is 2. The molecule has 11 nitrogen and oxygen atoms in total. The molecule has 0 saturated carbocycles. The molecular formula is C39H42F5N3O8S. The normalized spacial score (nSPS) is 14.8. The first kappa shape index (κ1) is 43.9. The maximum atomic E-state index is 14.5. The number of alkyl halides is 3. The number of amides is 1. The highest BCUT2D eigenvalue weighted by Gasteiger charge is 2.31. The van der Waals surface area contributed by atoms with E-state index in [1.165, 1.54) is 30.3 Å². The number of aryl methyl sites for hydroxylation is 1. The molecular weight excluding hydrogens is 765 g/mol. The molecule has 1 fully saturated rings. The molecule has 2 atom stereocenters. The maximum absolute atomic E-state index is 14.5. The SMILES string of the molecule is CCN1CCC(N(CCCc2ccc(C(F)(F)F)cc2)C(=O)Cn2c(SCc3cccc(F)c3F)cc(=O)c3ccccc32)CC1.O=C(O)C(O)C(O)C(=O)O. The van der Waals surface area contributed by atoms with E-state index < -0.39 is 47.5 Å². The number of piperidine rings is 1. The second-order valence-electron chi connectivity index (χ2n) is 13.1. The van der Waals surface area contributed by atoms with Crippen LogP contribution in [-0.4, -0.2) is 97.1 Å². The minimum atomic E-state index is -4.40. The Morgan fingerprint density at radius 2 is 1.54 bits per heavy atom. The van der Waals surface area contributed by atoms with E-state index in [0.717, 1.165) is 68.0 Å². The summed E-state index contributed by atoms with van der Waals surface area (Å²) in [5, 5.41) is 33.4. The van der Waals surface area contributed by atoms with Crippen molar-refractivity contribution < 1.29 is 56.8 Å². The lowest BCUT2D eigenvalue weighted by Gasteiger charge is -2.38. The van der Waals surface area contributed by atoms with E-state index >= 15 is 0 Å². The van der Waals surface area contributed by atoms with Crippen LogP contribution in [0.15, 0.2) is 82.6 Å². The largest absolute Gasteiger partial charge is 0.479 e. The van der Waals surface area contributed by atoms with E-state index in [2.05, 4.69) is 11.8 Å². The third-order valence-electron chi connectivity index (χ3n) is 9.40. The number of carbonyl (C=O) groups is 3. The molecule has 5 rings (SSSR count). The van der Waals surface area contributed by atoms with Gasteiger partial charge in [-0.1, -0.05) is 43.3 Å². The first-order valence-electron chi connectivity index (χ1n) is 17.7. The molecule has 2 heterocycles. The van der Waals surface area contributed by atoms with Crippen LogP contribution >= 0.6 is 11.8 Å². The molecule has 4 N–H and O–H groups in total. The predicted octanol–water partition coefficient (Wildman–Crippen LogP) is 5.41. The van der Waals surface area contributed by atoms with Crippen LogP contribution < -0.4 is 5.43 Å². The molecule has 2 unspecified atom stereocenters. The van der Waals surface area contributed by atoms with Gasteiger partial charge < -0.3 is 34.8 Å². The van der Waals surface area contributed by atoms with Crippen molar-refractivity contribution >= 4 is 40.5 Å². The van der Waals surface area contributed by atoms with Crippen LogP contribution in [0.4, 0.5) is 22.0 Å². The number of nitrogens with zero attached hydrogens (tertiary/aromatic N) is 3. The number of benzene rings is 3. The van der Waals surface area contributed by atoms with Crippen molar-refractivity contribution in [2.45, 2.75) is 74.4 Å². The van der Waals surface area contributed by atoms with Crippen LogP contribution in [-0.2, 0) is 39.3 Å². The van der Waals surface area contributed by atoms with Crippen molar-refractivity contribution in [3.63, 3.8) is 0 Å². The van der Waals surface area contributed by atoms with E-state index in [4.69, 9.17) is 20.4 Å². The number of aliphatic hydroxyl groups is 2. The molecule has 1 saturated heterocycles. The van der Waals surface area contributed by atoms with Crippen molar-refractivity contribution in [3.05, 3.63) is 111 Å². The van der Waals surface area contributed by atoms with Gasteiger partial charge >= 0.3 is 18.1 Å². The molecule has 17 heteroatoms. The smallest absolute Gasteiger partial charge is 0.416 e. The second-order valence-corrected chi connectivity index (χ2v) is 14.1. The molecule has 0 aliphatic carbocycles. The van der Waals surface area contributed by atoms with Crippen molar-refractivity contribution in [2.24, 2.45) is 0 Å². The zero-order chi connectivity index (χ0) is 41.2. The number of aromatic nitrogens is 1. The number of hydrogen-bond acceptors (Lipinski definition) is 8. The number of aliphatic hydroxyl groups excluding tert-OH is 2. The number of carboxylic acid groups (broad SMARTS) is 2.